The average Bonchev–Trinajstić information content (AvgIpc) is 3.16. The SMILES string of the molecule is O=C(NC(Cc1nc2ccccc2n1CCO)c1cccc([N+](=O)[O-])c1)c1ccccc1. The third-order valence-electron chi connectivity index (χ3n) is 5.27. The lowest BCUT2D eigenvalue weighted by molar-refractivity contribution is -0.384. The molecule has 0 saturated carbocycles. The molecule has 0 saturated heterocycles. The van der Waals surface area contributed by atoms with E-state index in [-0.39, 0.29) is 18.2 Å². The molecule has 0 aliphatic carbocycles. The molecule has 8 heteroatoms. The minimum atomic E-state index is -0.558. The highest BCUT2D eigenvalue weighted by molar-refractivity contribution is 5.94. The minimum absolute atomic E-state index is 0.0506. The Morgan fingerprint density at radius 2 is 1.81 bits per heavy atom. The van der Waals surface area contributed by atoms with Crippen molar-refractivity contribution in [2.24, 2.45) is 0 Å². The zero-order chi connectivity index (χ0) is 22.5. The number of nitro groups is 1. The van der Waals surface area contributed by atoms with Gasteiger partial charge in [-0.15, -0.1) is 0 Å². The normalized spacial score (nSPS) is 11.9. The molecule has 1 atom stereocenters. The van der Waals surface area contributed by atoms with Gasteiger partial charge in [-0.1, -0.05) is 42.5 Å². The molecule has 0 fully saturated rings. The number of para-hydroxylation sites is 2. The van der Waals surface area contributed by atoms with Crippen LogP contribution in [-0.4, -0.2) is 32.1 Å². The van der Waals surface area contributed by atoms with Gasteiger partial charge in [0.05, 0.1) is 28.6 Å². The maximum Gasteiger partial charge on any atom is 0.269 e. The predicted octanol–water partition coefficient (Wildman–Crippen LogP) is 3.65. The molecule has 8 nitrogen and oxygen atoms in total. The Hall–Kier alpha value is -4.04. The van der Waals surface area contributed by atoms with Crippen LogP contribution in [0.3, 0.4) is 0 Å². The first-order valence-electron chi connectivity index (χ1n) is 10.2. The van der Waals surface area contributed by atoms with Crippen molar-refractivity contribution in [1.29, 1.82) is 0 Å². The van der Waals surface area contributed by atoms with Gasteiger partial charge in [0.15, 0.2) is 0 Å². The number of nitrogens with zero attached hydrogens (tertiary/aromatic N) is 3. The Balaban J connectivity index is 1.73. The third kappa shape index (κ3) is 4.50. The average molecular weight is 430 g/mol. The van der Waals surface area contributed by atoms with E-state index in [0.717, 1.165) is 11.0 Å². The Morgan fingerprint density at radius 3 is 2.56 bits per heavy atom. The molecule has 0 radical (unpaired) electrons. The monoisotopic (exact) mass is 430 g/mol. The molecule has 1 heterocycles. The van der Waals surface area contributed by atoms with E-state index in [0.29, 0.717) is 29.9 Å². The Morgan fingerprint density at radius 1 is 1.06 bits per heavy atom. The second-order valence-electron chi connectivity index (χ2n) is 7.34. The topological polar surface area (TPSA) is 110 Å². The maximum atomic E-state index is 12.9. The minimum Gasteiger partial charge on any atom is -0.395 e. The van der Waals surface area contributed by atoms with Gasteiger partial charge < -0.3 is 15.0 Å². The van der Waals surface area contributed by atoms with Gasteiger partial charge in [-0.2, -0.15) is 0 Å². The molecule has 0 bridgehead atoms. The van der Waals surface area contributed by atoms with Crippen molar-refractivity contribution in [2.45, 2.75) is 19.0 Å². The van der Waals surface area contributed by atoms with Crippen LogP contribution in [0.2, 0.25) is 0 Å². The lowest BCUT2D eigenvalue weighted by Crippen LogP contribution is -2.31. The van der Waals surface area contributed by atoms with Crippen LogP contribution in [0, 0.1) is 10.1 Å². The summed E-state index contributed by atoms with van der Waals surface area (Å²) in [5, 5.41) is 23.9. The summed E-state index contributed by atoms with van der Waals surface area (Å²) < 4.78 is 1.91. The number of amides is 1. The number of hydrogen-bond acceptors (Lipinski definition) is 5. The smallest absolute Gasteiger partial charge is 0.269 e. The van der Waals surface area contributed by atoms with Crippen molar-refractivity contribution in [3.63, 3.8) is 0 Å². The summed E-state index contributed by atoms with van der Waals surface area (Å²) in [7, 11) is 0. The molecule has 3 aromatic carbocycles. The van der Waals surface area contributed by atoms with Gasteiger partial charge in [0, 0.05) is 30.7 Å². The summed E-state index contributed by atoms with van der Waals surface area (Å²) in [4.78, 5) is 28.5. The van der Waals surface area contributed by atoms with E-state index in [2.05, 4.69) is 5.32 Å². The largest absolute Gasteiger partial charge is 0.395 e. The Bertz CT molecular complexity index is 1250. The van der Waals surface area contributed by atoms with Crippen LogP contribution < -0.4 is 5.32 Å². The Labute approximate surface area is 184 Å². The van der Waals surface area contributed by atoms with E-state index in [1.807, 2.05) is 34.9 Å². The van der Waals surface area contributed by atoms with Crippen molar-refractivity contribution in [2.75, 3.05) is 6.61 Å². The Kier molecular flexibility index (Phi) is 6.23. The molecular formula is C24H22N4O4. The molecule has 2 N–H and O–H groups in total. The molecule has 32 heavy (non-hydrogen) atoms. The van der Waals surface area contributed by atoms with E-state index in [4.69, 9.17) is 4.98 Å². The number of hydrogen-bond donors (Lipinski definition) is 2. The summed E-state index contributed by atoms with van der Waals surface area (Å²) in [6, 6.07) is 22.1. The predicted molar refractivity (Wildman–Crippen MR) is 120 cm³/mol. The molecule has 0 spiro atoms. The molecule has 4 aromatic rings. The van der Waals surface area contributed by atoms with Crippen LogP contribution in [0.25, 0.3) is 11.0 Å². The highest BCUT2D eigenvalue weighted by Gasteiger charge is 2.22. The maximum absolute atomic E-state index is 12.9. The van der Waals surface area contributed by atoms with Crippen LogP contribution in [0.5, 0.6) is 0 Å². The summed E-state index contributed by atoms with van der Waals surface area (Å²) in [6.45, 7) is 0.287. The van der Waals surface area contributed by atoms with Gasteiger partial charge in [-0.25, -0.2) is 4.98 Å². The summed E-state index contributed by atoms with van der Waals surface area (Å²) in [6.07, 6.45) is 0.300. The first-order chi connectivity index (χ1) is 15.6. The highest BCUT2D eigenvalue weighted by atomic mass is 16.6. The number of nitro benzene ring substituents is 1. The summed E-state index contributed by atoms with van der Waals surface area (Å²) >= 11 is 0. The number of aliphatic hydroxyl groups excluding tert-OH is 1. The zero-order valence-electron chi connectivity index (χ0n) is 17.2. The van der Waals surface area contributed by atoms with Crippen molar-refractivity contribution < 1.29 is 14.8 Å². The molecule has 1 unspecified atom stereocenters. The number of imidazole rings is 1. The standard InChI is InChI=1S/C24H22N4O4/c29-14-13-27-22-12-5-4-11-20(22)25-23(27)16-21(18-9-6-10-19(15-18)28(31)32)26-24(30)17-7-2-1-3-8-17/h1-12,15,21,29H,13-14,16H2,(H,26,30). The van der Waals surface area contributed by atoms with Crippen LogP contribution >= 0.6 is 0 Å². The molecule has 162 valence electrons. The molecule has 1 amide bonds. The number of carbonyl (C=O) groups is 1. The zero-order valence-corrected chi connectivity index (χ0v) is 17.2. The van der Waals surface area contributed by atoms with Gasteiger partial charge >= 0.3 is 0 Å². The number of nitrogens with one attached hydrogen (secondary N) is 1. The third-order valence-corrected chi connectivity index (χ3v) is 5.27. The number of benzene rings is 3. The number of carbonyl (C=O) groups excluding carboxylic acids is 1. The first kappa shape index (κ1) is 21.2. The second kappa shape index (κ2) is 9.40. The van der Waals surface area contributed by atoms with E-state index in [1.54, 1.807) is 36.4 Å². The molecule has 1 aromatic heterocycles. The van der Waals surface area contributed by atoms with E-state index in [1.165, 1.54) is 12.1 Å². The lowest BCUT2D eigenvalue weighted by atomic mass is 10.0. The van der Waals surface area contributed by atoms with Crippen molar-refractivity contribution >= 4 is 22.6 Å². The van der Waals surface area contributed by atoms with Gasteiger partial charge in [-0.05, 0) is 29.8 Å². The van der Waals surface area contributed by atoms with Crippen molar-refractivity contribution in [3.05, 3.63) is 106 Å². The number of aliphatic hydroxyl groups is 1. The fourth-order valence-corrected chi connectivity index (χ4v) is 3.75. The van der Waals surface area contributed by atoms with Crippen molar-refractivity contribution in [3.8, 4) is 0 Å². The molecule has 0 aliphatic heterocycles. The summed E-state index contributed by atoms with van der Waals surface area (Å²) in [5.74, 6) is 0.386. The first-order valence-corrected chi connectivity index (χ1v) is 10.2. The fraction of sp³-hybridized carbons (Fsp3) is 0.167. The summed E-state index contributed by atoms with van der Waals surface area (Å²) in [5.41, 5.74) is 2.70. The molecule has 4 rings (SSSR count). The lowest BCUT2D eigenvalue weighted by Gasteiger charge is -2.20. The highest BCUT2D eigenvalue weighted by Crippen LogP contribution is 2.25. The fourth-order valence-electron chi connectivity index (χ4n) is 3.75. The van der Waals surface area contributed by atoms with Crippen LogP contribution in [0.1, 0.15) is 27.8 Å². The van der Waals surface area contributed by atoms with Gasteiger partial charge in [0.2, 0.25) is 0 Å². The van der Waals surface area contributed by atoms with E-state index < -0.39 is 11.0 Å². The van der Waals surface area contributed by atoms with Gasteiger partial charge in [-0.3, -0.25) is 14.9 Å². The van der Waals surface area contributed by atoms with Crippen molar-refractivity contribution in [1.82, 2.24) is 14.9 Å². The van der Waals surface area contributed by atoms with E-state index >= 15 is 0 Å². The number of rotatable bonds is 8. The molecule has 0 aliphatic rings. The number of non-ortho nitro benzene ring substituents is 1. The van der Waals surface area contributed by atoms with Crippen LogP contribution in [-0.2, 0) is 13.0 Å². The van der Waals surface area contributed by atoms with Crippen LogP contribution in [0.15, 0.2) is 78.9 Å². The number of aromatic nitrogens is 2. The van der Waals surface area contributed by atoms with E-state index in [9.17, 15) is 20.0 Å². The number of fused-ring (bicyclic) bond motifs is 1. The second-order valence-corrected chi connectivity index (χ2v) is 7.34. The molecular weight excluding hydrogens is 408 g/mol. The van der Waals surface area contributed by atoms with Crippen LogP contribution in [0.4, 0.5) is 5.69 Å². The quantitative estimate of drug-likeness (QED) is 0.327. The van der Waals surface area contributed by atoms with Gasteiger partial charge in [0.25, 0.3) is 11.6 Å². The van der Waals surface area contributed by atoms with Gasteiger partial charge in [0.1, 0.15) is 5.82 Å².